The van der Waals surface area contributed by atoms with Crippen LogP contribution in [0.3, 0.4) is 0 Å². The van der Waals surface area contributed by atoms with Gasteiger partial charge in [-0.05, 0) is 0 Å². The van der Waals surface area contributed by atoms with Crippen molar-refractivity contribution < 1.29 is 19.0 Å². The Balaban J connectivity index is 1.94. The molecule has 0 saturated carbocycles. The second-order valence-electron chi connectivity index (χ2n) is 5.06. The minimum atomic E-state index is -1.36. The predicted octanol–water partition coefficient (Wildman–Crippen LogP) is -2.06. The third-order valence-electron chi connectivity index (χ3n) is 3.32. The van der Waals surface area contributed by atoms with Crippen LogP contribution < -0.4 is 11.4 Å². The molecule has 0 spiro atoms. The van der Waals surface area contributed by atoms with E-state index in [-0.39, 0.29) is 31.8 Å². The average Bonchev–Trinajstić information content (AvgIpc) is 3.32. The number of rotatable bonds is 7. The molecule has 0 radical (unpaired) electrons. The van der Waals surface area contributed by atoms with Gasteiger partial charge in [-0.2, -0.15) is 0 Å². The number of halogens is 1. The first-order chi connectivity index (χ1) is 9.60. The van der Waals surface area contributed by atoms with Crippen LogP contribution in [-0.4, -0.2) is 57.2 Å². The second kappa shape index (κ2) is 5.15. The average molecular weight is 289 g/mol. The molecule has 1 aromatic heterocycles. The Morgan fingerprint density at radius 3 is 1.95 bits per heavy atom. The summed E-state index contributed by atoms with van der Waals surface area (Å²) in [6.45, 7) is 0.309. The molecule has 20 heavy (non-hydrogen) atoms. The van der Waals surface area contributed by atoms with E-state index in [0.717, 1.165) is 4.57 Å². The zero-order valence-electron chi connectivity index (χ0n) is 10.8. The zero-order valence-corrected chi connectivity index (χ0v) is 10.8. The molecule has 2 aliphatic heterocycles. The van der Waals surface area contributed by atoms with Gasteiger partial charge in [0, 0.05) is 0 Å². The number of aliphatic hydroxyl groups excluding tert-OH is 1. The summed E-state index contributed by atoms with van der Waals surface area (Å²) in [5, 5.41) is 9.31. The van der Waals surface area contributed by atoms with Crippen LogP contribution >= 0.6 is 0 Å². The lowest BCUT2D eigenvalue weighted by atomic mass is 10.4. The molecule has 0 aromatic carbocycles. The fourth-order valence-corrected chi connectivity index (χ4v) is 2.07. The van der Waals surface area contributed by atoms with E-state index in [0.29, 0.717) is 13.2 Å². The van der Waals surface area contributed by atoms with Crippen molar-refractivity contribution in [3.8, 4) is 0 Å². The topological polar surface area (TPSA) is 94.2 Å². The number of alkyl halides is 1. The SMILES string of the molecule is O=c1n(CC(O)CF)c(=O)n(CC2CO2)n1CC1CO1. The molecule has 8 nitrogen and oxygen atoms in total. The Morgan fingerprint density at radius 2 is 1.60 bits per heavy atom. The number of hydrogen-bond donors (Lipinski definition) is 1. The summed E-state index contributed by atoms with van der Waals surface area (Å²) >= 11 is 0. The minimum absolute atomic E-state index is 0.0691. The molecule has 0 bridgehead atoms. The second-order valence-corrected chi connectivity index (χ2v) is 5.06. The molecule has 2 fully saturated rings. The van der Waals surface area contributed by atoms with Crippen LogP contribution in [0.15, 0.2) is 9.59 Å². The van der Waals surface area contributed by atoms with Gasteiger partial charge in [0.05, 0.1) is 32.8 Å². The van der Waals surface area contributed by atoms with E-state index in [9.17, 15) is 19.1 Å². The normalized spacial score (nSPS) is 25.7. The van der Waals surface area contributed by atoms with Crippen LogP contribution in [0, 0.1) is 0 Å². The van der Waals surface area contributed by atoms with Crippen molar-refractivity contribution in [3.05, 3.63) is 21.0 Å². The quantitative estimate of drug-likeness (QED) is 0.583. The van der Waals surface area contributed by atoms with E-state index >= 15 is 0 Å². The van der Waals surface area contributed by atoms with Crippen LogP contribution in [-0.2, 0) is 29.1 Å². The van der Waals surface area contributed by atoms with Gasteiger partial charge in [-0.3, -0.25) is 0 Å². The first-order valence-corrected chi connectivity index (χ1v) is 6.48. The van der Waals surface area contributed by atoms with Crippen molar-refractivity contribution in [3.63, 3.8) is 0 Å². The van der Waals surface area contributed by atoms with E-state index in [4.69, 9.17) is 9.47 Å². The minimum Gasteiger partial charge on any atom is -0.389 e. The molecule has 3 unspecified atom stereocenters. The van der Waals surface area contributed by atoms with Crippen LogP contribution in [0.1, 0.15) is 0 Å². The zero-order chi connectivity index (χ0) is 14.3. The Kier molecular flexibility index (Phi) is 3.48. The number of aromatic nitrogens is 3. The highest BCUT2D eigenvalue weighted by Crippen LogP contribution is 2.13. The monoisotopic (exact) mass is 289 g/mol. The van der Waals surface area contributed by atoms with E-state index in [1.165, 1.54) is 9.36 Å². The van der Waals surface area contributed by atoms with Gasteiger partial charge in [-0.1, -0.05) is 0 Å². The lowest BCUT2D eigenvalue weighted by molar-refractivity contribution is 0.119. The van der Waals surface area contributed by atoms with Gasteiger partial charge in [0.25, 0.3) is 0 Å². The molecule has 1 aromatic rings. The van der Waals surface area contributed by atoms with Crippen LogP contribution in [0.25, 0.3) is 0 Å². The van der Waals surface area contributed by atoms with Gasteiger partial charge < -0.3 is 14.6 Å². The highest BCUT2D eigenvalue weighted by molar-refractivity contribution is 4.82. The van der Waals surface area contributed by atoms with Gasteiger partial charge in [-0.25, -0.2) is 27.9 Å². The molecule has 3 rings (SSSR count). The maximum atomic E-state index is 12.4. The largest absolute Gasteiger partial charge is 0.389 e. The summed E-state index contributed by atoms with van der Waals surface area (Å²) < 4.78 is 25.9. The molecule has 3 heterocycles. The summed E-state index contributed by atoms with van der Waals surface area (Å²) in [4.78, 5) is 24.4. The summed E-state index contributed by atoms with van der Waals surface area (Å²) in [5.74, 6) is 0. The summed E-state index contributed by atoms with van der Waals surface area (Å²) in [5.41, 5.74) is -1.11. The molecular formula is C11H16FN3O5. The third kappa shape index (κ3) is 2.69. The van der Waals surface area contributed by atoms with Gasteiger partial charge in [-0.15, -0.1) is 0 Å². The first-order valence-electron chi connectivity index (χ1n) is 6.48. The summed E-state index contributed by atoms with van der Waals surface area (Å²) in [6.07, 6.45) is -1.50. The van der Waals surface area contributed by atoms with Crippen molar-refractivity contribution in [2.45, 2.75) is 37.9 Å². The van der Waals surface area contributed by atoms with E-state index in [2.05, 4.69) is 0 Å². The standard InChI is InChI=1S/C11H16FN3O5/c12-1-7(16)2-13-10(17)14(3-8-5-19-8)15(11(13)18)4-9-6-20-9/h7-9,16H,1-6H2. The number of hydrogen-bond acceptors (Lipinski definition) is 5. The molecule has 0 amide bonds. The molecule has 1 N–H and O–H groups in total. The molecule has 2 saturated heterocycles. The Morgan fingerprint density at radius 1 is 1.15 bits per heavy atom. The first kappa shape index (κ1) is 13.5. The molecular weight excluding hydrogens is 273 g/mol. The summed E-state index contributed by atoms with van der Waals surface area (Å²) in [7, 11) is 0. The molecule has 0 aliphatic carbocycles. The van der Waals surface area contributed by atoms with E-state index in [1.54, 1.807) is 0 Å². The van der Waals surface area contributed by atoms with Crippen LogP contribution in [0.2, 0.25) is 0 Å². The third-order valence-corrected chi connectivity index (χ3v) is 3.32. The Hall–Kier alpha value is -1.45. The highest BCUT2D eigenvalue weighted by atomic mass is 19.1. The number of epoxide rings is 2. The Bertz CT molecular complexity index is 553. The fraction of sp³-hybridized carbons (Fsp3) is 0.818. The van der Waals surface area contributed by atoms with Gasteiger partial charge in [0.1, 0.15) is 25.0 Å². The predicted molar refractivity (Wildman–Crippen MR) is 64.4 cm³/mol. The van der Waals surface area contributed by atoms with Gasteiger partial charge in [0.15, 0.2) is 0 Å². The highest BCUT2D eigenvalue weighted by Gasteiger charge is 2.30. The maximum Gasteiger partial charge on any atom is 0.347 e. The molecule has 2 aliphatic rings. The van der Waals surface area contributed by atoms with E-state index in [1.807, 2.05) is 0 Å². The van der Waals surface area contributed by atoms with E-state index < -0.39 is 24.2 Å². The number of aliphatic hydroxyl groups is 1. The molecule has 112 valence electrons. The number of nitrogens with zero attached hydrogens (tertiary/aromatic N) is 3. The van der Waals surface area contributed by atoms with Crippen molar-refractivity contribution in [2.24, 2.45) is 0 Å². The number of ether oxygens (including phenoxy) is 2. The van der Waals surface area contributed by atoms with Crippen molar-refractivity contribution in [1.29, 1.82) is 0 Å². The maximum absolute atomic E-state index is 12.4. The van der Waals surface area contributed by atoms with Gasteiger partial charge >= 0.3 is 11.4 Å². The lowest BCUT2D eigenvalue weighted by Crippen LogP contribution is -2.34. The molecule has 9 heteroatoms. The van der Waals surface area contributed by atoms with Crippen molar-refractivity contribution in [2.75, 3.05) is 19.9 Å². The Labute approximate surface area is 112 Å². The van der Waals surface area contributed by atoms with Crippen LogP contribution in [0.4, 0.5) is 4.39 Å². The smallest absolute Gasteiger partial charge is 0.347 e. The van der Waals surface area contributed by atoms with Crippen LogP contribution in [0.5, 0.6) is 0 Å². The van der Waals surface area contributed by atoms with Crippen molar-refractivity contribution in [1.82, 2.24) is 13.9 Å². The summed E-state index contributed by atoms with van der Waals surface area (Å²) in [6, 6.07) is 0. The van der Waals surface area contributed by atoms with Gasteiger partial charge in [0.2, 0.25) is 0 Å². The van der Waals surface area contributed by atoms with Crippen molar-refractivity contribution >= 4 is 0 Å². The molecule has 3 atom stereocenters. The lowest BCUT2D eigenvalue weighted by Gasteiger charge is -2.05. The fourth-order valence-electron chi connectivity index (χ4n) is 2.07.